The van der Waals surface area contributed by atoms with E-state index in [0.29, 0.717) is 0 Å². The predicted octanol–water partition coefficient (Wildman–Crippen LogP) is 1.75. The summed E-state index contributed by atoms with van der Waals surface area (Å²) in [5.74, 6) is -11.3. The second-order valence-electron chi connectivity index (χ2n) is 17.6. The zero-order valence-corrected chi connectivity index (χ0v) is 37.3. The molecule has 4 heterocycles. The topological polar surface area (TPSA) is 269 Å². The molecule has 1 aromatic carbocycles. The highest BCUT2D eigenvalue weighted by Crippen LogP contribution is 2.70. The highest BCUT2D eigenvalue weighted by Gasteiger charge is 2.91. The van der Waals surface area contributed by atoms with Gasteiger partial charge in [0.05, 0.1) is 34.2 Å². The first-order valence-corrected chi connectivity index (χ1v) is 21.1. The lowest BCUT2D eigenvalue weighted by Gasteiger charge is -2.67. The van der Waals surface area contributed by atoms with Gasteiger partial charge in [-0.25, -0.2) is 14.4 Å². The Hall–Kier alpha value is -6.51. The predicted molar refractivity (Wildman–Crippen MR) is 221 cm³/mol. The first-order valence-electron chi connectivity index (χ1n) is 21.1. The summed E-state index contributed by atoms with van der Waals surface area (Å²) in [5, 5.41) is 26.6. The molecule has 20 nitrogen and oxygen atoms in total. The summed E-state index contributed by atoms with van der Waals surface area (Å²) in [5.41, 5.74) is -11.5. The molecule has 3 aromatic rings. The van der Waals surface area contributed by atoms with Gasteiger partial charge in [-0.2, -0.15) is 0 Å². The number of aryl methyl sites for hydroxylation is 1. The van der Waals surface area contributed by atoms with Crippen LogP contribution in [-0.2, 0) is 64.1 Å². The number of fused-ring (bicyclic) bond motifs is 5. The van der Waals surface area contributed by atoms with Crippen molar-refractivity contribution in [1.82, 2.24) is 9.55 Å². The first kappa shape index (κ1) is 47.5. The van der Waals surface area contributed by atoms with E-state index in [1.807, 2.05) is 0 Å². The summed E-state index contributed by atoms with van der Waals surface area (Å²) in [6, 6.07) is 12.4. The van der Waals surface area contributed by atoms with Crippen molar-refractivity contribution >= 4 is 41.8 Å². The molecule has 20 heteroatoms. The van der Waals surface area contributed by atoms with Gasteiger partial charge in [-0.15, -0.1) is 0 Å². The number of nitrogens with zero attached hydrogens (tertiary/aromatic N) is 2. The zero-order valence-electron chi connectivity index (χ0n) is 37.3. The highest BCUT2D eigenvalue weighted by atomic mass is 16.7. The number of hydrogen-bond donors (Lipinski definition) is 2. The van der Waals surface area contributed by atoms with Crippen molar-refractivity contribution < 1.29 is 81.7 Å². The number of cyclic esters (lactones) is 1. The normalized spacial score (nSPS) is 34.6. The Kier molecular flexibility index (Phi) is 12.5. The van der Waals surface area contributed by atoms with Gasteiger partial charge in [0.2, 0.25) is 5.56 Å². The van der Waals surface area contributed by atoms with Crippen LogP contribution in [0.1, 0.15) is 91.2 Å². The number of carbonyl (C=O) groups is 7. The van der Waals surface area contributed by atoms with E-state index in [1.165, 1.54) is 63.5 Å². The molecule has 2 N–H and O–H groups in total. The highest BCUT2D eigenvalue weighted by molar-refractivity contribution is 5.92. The van der Waals surface area contributed by atoms with Gasteiger partial charge in [0.25, 0.3) is 0 Å². The standard InChI is InChI=1S/C46H50N2O18/c1-22-23(2)39(54)64-37-34(63-41(56)28-16-17-30(52)48(8)19-28)38(65-40(55)27-13-10-9-11-14-27)45(21-59-24(3)49)36(62-26(5)51)33(53)31-35(61-25(4)50)46(45,44(37,7)58)66-43(31,6)20-60-42(57)29-15-12-18-47-32(22)29/h9-19,22-23,31,33-38,53,58H,20-21H2,1-8H3/t22-,23-,31+,33-,34-,35+,36+,37-,38-,43-,44-,45+,46-/m0/s1. The van der Waals surface area contributed by atoms with E-state index in [0.717, 1.165) is 50.6 Å². The molecule has 2 saturated carbocycles. The van der Waals surface area contributed by atoms with E-state index in [1.54, 1.807) is 13.0 Å². The number of aliphatic hydroxyl groups is 2. The minimum atomic E-state index is -2.94. The Bertz CT molecular complexity index is 2520. The molecule has 7 rings (SSSR count). The van der Waals surface area contributed by atoms with Crippen LogP contribution in [0.5, 0.6) is 0 Å². The summed E-state index contributed by atoms with van der Waals surface area (Å²) in [7, 11) is 1.35. The molecule has 0 unspecified atom stereocenters. The van der Waals surface area contributed by atoms with Crippen molar-refractivity contribution in [2.24, 2.45) is 24.3 Å². The van der Waals surface area contributed by atoms with Gasteiger partial charge in [0.1, 0.15) is 48.1 Å². The Morgan fingerprint density at radius 2 is 1.45 bits per heavy atom. The average molecular weight is 919 g/mol. The summed E-state index contributed by atoms with van der Waals surface area (Å²) in [6.45, 7) is 6.51. The van der Waals surface area contributed by atoms with Crippen LogP contribution in [0.25, 0.3) is 0 Å². The fourth-order valence-corrected chi connectivity index (χ4v) is 10.3. The molecule has 13 atom stereocenters. The van der Waals surface area contributed by atoms with E-state index in [-0.39, 0.29) is 22.4 Å². The number of benzene rings is 1. The molecule has 2 aliphatic heterocycles. The van der Waals surface area contributed by atoms with Crippen molar-refractivity contribution in [2.45, 2.75) is 108 Å². The third-order valence-electron chi connectivity index (χ3n) is 13.4. The monoisotopic (exact) mass is 918 g/mol. The van der Waals surface area contributed by atoms with Gasteiger partial charge >= 0.3 is 41.8 Å². The van der Waals surface area contributed by atoms with Gasteiger partial charge in [0.15, 0.2) is 23.9 Å². The quantitative estimate of drug-likeness (QED) is 0.241. The van der Waals surface area contributed by atoms with Crippen LogP contribution < -0.4 is 5.56 Å². The largest absolute Gasteiger partial charge is 0.465 e. The zero-order chi connectivity index (χ0) is 48.3. The lowest BCUT2D eigenvalue weighted by molar-refractivity contribution is -0.384. The van der Waals surface area contributed by atoms with Crippen LogP contribution in [0, 0.1) is 17.3 Å². The molecule has 4 aliphatic rings. The first-order chi connectivity index (χ1) is 31.0. The minimum absolute atomic E-state index is 0.0623. The van der Waals surface area contributed by atoms with Crippen molar-refractivity contribution in [3.8, 4) is 0 Å². The molecule has 66 heavy (non-hydrogen) atoms. The number of rotatable bonds is 8. The molecule has 0 amide bonds. The third kappa shape index (κ3) is 7.59. The summed E-state index contributed by atoms with van der Waals surface area (Å²) in [6.07, 6.45) is -10.5. The molecule has 0 radical (unpaired) electrons. The van der Waals surface area contributed by atoms with Crippen molar-refractivity contribution in [3.63, 3.8) is 0 Å². The molecule has 2 aliphatic carbocycles. The fourth-order valence-electron chi connectivity index (χ4n) is 10.3. The number of hydrogen-bond acceptors (Lipinski definition) is 19. The second-order valence-corrected chi connectivity index (χ2v) is 17.6. The van der Waals surface area contributed by atoms with E-state index in [9.17, 15) is 48.6 Å². The molecule has 1 spiro atoms. The number of aromatic nitrogens is 2. The molecule has 352 valence electrons. The number of pyridine rings is 2. The number of aliphatic hydroxyl groups excluding tert-OH is 1. The molecular formula is C46H50N2O18. The summed E-state index contributed by atoms with van der Waals surface area (Å²) in [4.78, 5) is 115. The second kappa shape index (κ2) is 17.4. The Morgan fingerprint density at radius 3 is 2.09 bits per heavy atom. The smallest absolute Gasteiger partial charge is 0.340 e. The molecular weight excluding hydrogens is 869 g/mol. The van der Waals surface area contributed by atoms with Gasteiger partial charge in [-0.1, -0.05) is 32.0 Å². The maximum atomic E-state index is 14.8. The van der Waals surface area contributed by atoms with Crippen LogP contribution in [0.2, 0.25) is 0 Å². The molecule has 4 bridgehead atoms. The Morgan fingerprint density at radius 1 is 0.803 bits per heavy atom. The van der Waals surface area contributed by atoms with Crippen molar-refractivity contribution in [2.75, 3.05) is 13.2 Å². The van der Waals surface area contributed by atoms with Crippen LogP contribution in [-0.4, -0.2) is 128 Å². The summed E-state index contributed by atoms with van der Waals surface area (Å²) < 4.78 is 50.8. The maximum Gasteiger partial charge on any atom is 0.340 e. The van der Waals surface area contributed by atoms with E-state index in [4.69, 9.17) is 37.9 Å². The van der Waals surface area contributed by atoms with Gasteiger partial charge < -0.3 is 52.7 Å². The molecule has 3 fully saturated rings. The lowest BCUT2D eigenvalue weighted by atomic mass is 9.45. The van der Waals surface area contributed by atoms with Gasteiger partial charge in [-0.3, -0.25) is 29.0 Å². The van der Waals surface area contributed by atoms with Crippen LogP contribution in [0.3, 0.4) is 0 Å². The van der Waals surface area contributed by atoms with Crippen molar-refractivity contribution in [3.05, 3.63) is 99.7 Å². The van der Waals surface area contributed by atoms with E-state index >= 15 is 0 Å². The van der Waals surface area contributed by atoms with E-state index < -0.39 is 137 Å². The lowest BCUT2D eigenvalue weighted by Crippen LogP contribution is -2.89. The van der Waals surface area contributed by atoms with Crippen LogP contribution >= 0.6 is 0 Å². The number of carbonyl (C=O) groups excluding carboxylic acids is 7. The van der Waals surface area contributed by atoms with Crippen LogP contribution in [0.15, 0.2) is 71.8 Å². The molecule has 1 saturated heterocycles. The third-order valence-corrected chi connectivity index (χ3v) is 13.4. The summed E-state index contributed by atoms with van der Waals surface area (Å²) >= 11 is 0. The number of ether oxygens (including phenoxy) is 8. The maximum absolute atomic E-state index is 14.8. The Labute approximate surface area is 377 Å². The Balaban J connectivity index is 1.62. The SMILES string of the molecule is CC(=O)OC[C@]12[C@H](OC(C)=O)[C@@H](O)[C@@H]3[C@@H](OC(C)=O)[C@@]14O[C@@]3(C)COC(=O)c1cccnc1[C@@H](C)[C@H](C)C(=O)O[C@@H]([C@H](OC(=O)c1ccc(=O)n(C)c1)[C@@H]2OC(=O)c1ccccc1)[C@]4(C)O. The molecule has 2 aromatic heterocycles. The fraction of sp³-hybridized carbons (Fsp3) is 0.500. The van der Waals surface area contributed by atoms with Gasteiger partial charge in [-0.05, 0) is 44.2 Å². The van der Waals surface area contributed by atoms with Crippen LogP contribution in [0.4, 0.5) is 0 Å². The minimum Gasteiger partial charge on any atom is -0.465 e. The number of esters is 7. The van der Waals surface area contributed by atoms with Gasteiger partial charge in [0, 0.05) is 52.2 Å². The van der Waals surface area contributed by atoms with Crippen molar-refractivity contribution in [1.29, 1.82) is 0 Å². The van der Waals surface area contributed by atoms with E-state index in [2.05, 4.69) is 4.98 Å². The average Bonchev–Trinajstić information content (AvgIpc) is 3.49.